The van der Waals surface area contributed by atoms with Crippen molar-refractivity contribution in [2.45, 2.75) is 19.9 Å². The Morgan fingerprint density at radius 2 is 1.84 bits per heavy atom. The maximum atomic E-state index is 12.2. The minimum absolute atomic E-state index is 0.175. The topological polar surface area (TPSA) is 60.9 Å². The minimum Gasteiger partial charge on any atom is -0.480 e. The summed E-state index contributed by atoms with van der Waals surface area (Å²) in [4.78, 5) is 26.7. The van der Waals surface area contributed by atoms with E-state index in [0.29, 0.717) is 12.2 Å². The summed E-state index contributed by atoms with van der Waals surface area (Å²) in [5.74, 6) is -1.15. The average molecular weight is 262 g/mol. The summed E-state index contributed by atoms with van der Waals surface area (Å²) in [6.07, 6.45) is 0. The van der Waals surface area contributed by atoms with E-state index in [9.17, 15) is 14.7 Å². The van der Waals surface area contributed by atoms with Gasteiger partial charge < -0.3 is 5.11 Å². The number of benzene rings is 1. The van der Waals surface area contributed by atoms with Crippen LogP contribution in [0.3, 0.4) is 0 Å². The lowest BCUT2D eigenvalue weighted by atomic mass is 10.1. The third-order valence-electron chi connectivity index (χ3n) is 3.24. The van der Waals surface area contributed by atoms with Gasteiger partial charge in [-0.25, -0.2) is 4.79 Å². The molecule has 19 heavy (non-hydrogen) atoms. The van der Waals surface area contributed by atoms with Crippen LogP contribution in [0.1, 0.15) is 11.1 Å². The molecule has 0 radical (unpaired) electrons. The van der Waals surface area contributed by atoms with Crippen LogP contribution in [0.5, 0.6) is 0 Å². The highest BCUT2D eigenvalue weighted by molar-refractivity contribution is 6.01. The molecule has 1 amide bonds. The first kappa shape index (κ1) is 13.5. The Kier molecular flexibility index (Phi) is 3.57. The molecule has 2 rings (SSSR count). The Bertz CT molecular complexity index is 507. The van der Waals surface area contributed by atoms with Gasteiger partial charge in [0.1, 0.15) is 6.04 Å². The molecule has 0 bridgehead atoms. The molecule has 1 atom stereocenters. The second-order valence-corrected chi connectivity index (χ2v) is 5.16. The van der Waals surface area contributed by atoms with E-state index < -0.39 is 12.0 Å². The Hall–Kier alpha value is -1.88. The first-order chi connectivity index (χ1) is 8.88. The molecule has 1 fully saturated rings. The van der Waals surface area contributed by atoms with Crippen LogP contribution in [0.15, 0.2) is 18.2 Å². The van der Waals surface area contributed by atoms with Gasteiger partial charge >= 0.3 is 5.97 Å². The predicted molar refractivity (Wildman–Crippen MR) is 72.3 cm³/mol. The lowest BCUT2D eigenvalue weighted by Gasteiger charge is -2.37. The molecule has 5 heteroatoms. The number of piperazine rings is 1. The van der Waals surface area contributed by atoms with E-state index >= 15 is 0 Å². The third kappa shape index (κ3) is 2.76. The van der Waals surface area contributed by atoms with E-state index in [0.717, 1.165) is 11.1 Å². The Morgan fingerprint density at radius 3 is 2.37 bits per heavy atom. The molecule has 0 aliphatic carbocycles. The van der Waals surface area contributed by atoms with E-state index in [1.807, 2.05) is 32.0 Å². The second kappa shape index (κ2) is 5.01. The molecule has 1 saturated heterocycles. The molecule has 1 aliphatic heterocycles. The zero-order valence-electron chi connectivity index (χ0n) is 11.4. The number of nitrogens with zero attached hydrogens (tertiary/aromatic N) is 2. The highest BCUT2D eigenvalue weighted by Crippen LogP contribution is 2.24. The molecule has 1 unspecified atom stereocenters. The monoisotopic (exact) mass is 262 g/mol. The van der Waals surface area contributed by atoms with Crippen LogP contribution in [0.25, 0.3) is 0 Å². The number of likely N-dealkylation sites (N-methyl/N-ethyl adjacent to an activating group) is 1. The average Bonchev–Trinajstić information content (AvgIpc) is 2.25. The van der Waals surface area contributed by atoms with Crippen LogP contribution in [0.2, 0.25) is 0 Å². The van der Waals surface area contributed by atoms with Crippen molar-refractivity contribution in [2.75, 3.05) is 25.0 Å². The minimum atomic E-state index is -0.973. The number of rotatable bonds is 2. The third-order valence-corrected chi connectivity index (χ3v) is 3.24. The van der Waals surface area contributed by atoms with E-state index in [1.54, 1.807) is 11.9 Å². The van der Waals surface area contributed by atoms with Gasteiger partial charge in [-0.2, -0.15) is 0 Å². The summed E-state index contributed by atoms with van der Waals surface area (Å²) >= 11 is 0. The number of aryl methyl sites for hydroxylation is 2. The largest absolute Gasteiger partial charge is 0.480 e. The number of anilines is 1. The fourth-order valence-electron chi connectivity index (χ4n) is 2.52. The summed E-state index contributed by atoms with van der Waals surface area (Å²) in [6, 6.07) is 4.88. The zero-order chi connectivity index (χ0) is 14.2. The number of hydrogen-bond donors (Lipinski definition) is 1. The van der Waals surface area contributed by atoms with Gasteiger partial charge in [0.15, 0.2) is 0 Å². The van der Waals surface area contributed by atoms with Crippen molar-refractivity contribution in [3.8, 4) is 0 Å². The van der Waals surface area contributed by atoms with Crippen LogP contribution < -0.4 is 4.90 Å². The molecule has 5 nitrogen and oxygen atoms in total. The first-order valence-electron chi connectivity index (χ1n) is 6.20. The fourth-order valence-corrected chi connectivity index (χ4v) is 2.52. The lowest BCUT2D eigenvalue weighted by molar-refractivity contribution is -0.142. The van der Waals surface area contributed by atoms with Crippen LogP contribution in [-0.4, -0.2) is 48.1 Å². The number of hydrogen-bond acceptors (Lipinski definition) is 3. The number of carboxylic acid groups (broad SMARTS) is 1. The number of amides is 1. The molecule has 1 heterocycles. The Balaban J connectivity index is 2.43. The van der Waals surface area contributed by atoms with Crippen LogP contribution in [-0.2, 0) is 9.59 Å². The Labute approximate surface area is 112 Å². The second-order valence-electron chi connectivity index (χ2n) is 5.16. The van der Waals surface area contributed by atoms with Gasteiger partial charge in [-0.15, -0.1) is 0 Å². The molecule has 0 aromatic heterocycles. The molecule has 1 aliphatic rings. The summed E-state index contributed by atoms with van der Waals surface area (Å²) in [5.41, 5.74) is 2.71. The smallest absolute Gasteiger partial charge is 0.328 e. The number of carbonyl (C=O) groups excluding carboxylic acids is 1. The van der Waals surface area contributed by atoms with Crippen molar-refractivity contribution in [3.63, 3.8) is 0 Å². The van der Waals surface area contributed by atoms with Crippen molar-refractivity contribution in [1.29, 1.82) is 0 Å². The summed E-state index contributed by atoms with van der Waals surface area (Å²) in [7, 11) is 1.76. The highest BCUT2D eigenvalue weighted by Gasteiger charge is 2.36. The van der Waals surface area contributed by atoms with Crippen molar-refractivity contribution >= 4 is 17.6 Å². The van der Waals surface area contributed by atoms with Crippen LogP contribution >= 0.6 is 0 Å². The molecular formula is C14H18N2O3. The maximum absolute atomic E-state index is 12.2. The van der Waals surface area contributed by atoms with Gasteiger partial charge in [-0.05, 0) is 44.2 Å². The van der Waals surface area contributed by atoms with Crippen LogP contribution in [0, 0.1) is 13.8 Å². The highest BCUT2D eigenvalue weighted by atomic mass is 16.4. The summed E-state index contributed by atoms with van der Waals surface area (Å²) in [6.45, 7) is 4.46. The predicted octanol–water partition coefficient (Wildman–Crippen LogP) is 1.04. The quantitative estimate of drug-likeness (QED) is 0.865. The van der Waals surface area contributed by atoms with Crippen LogP contribution in [0.4, 0.5) is 5.69 Å². The molecule has 0 spiro atoms. The molecule has 1 aromatic carbocycles. The summed E-state index contributed by atoms with van der Waals surface area (Å²) < 4.78 is 0. The van der Waals surface area contributed by atoms with Crippen molar-refractivity contribution < 1.29 is 14.7 Å². The SMILES string of the molecule is Cc1cc(C)cc(N2C(=O)CN(C)CC2C(=O)O)c1. The van der Waals surface area contributed by atoms with Crippen molar-refractivity contribution in [2.24, 2.45) is 0 Å². The fraction of sp³-hybridized carbons (Fsp3) is 0.429. The van der Waals surface area contributed by atoms with Gasteiger partial charge in [-0.3, -0.25) is 14.6 Å². The first-order valence-corrected chi connectivity index (χ1v) is 6.20. The molecular weight excluding hydrogens is 244 g/mol. The molecule has 0 saturated carbocycles. The van der Waals surface area contributed by atoms with E-state index in [2.05, 4.69) is 0 Å². The van der Waals surface area contributed by atoms with Gasteiger partial charge in [-0.1, -0.05) is 6.07 Å². The Morgan fingerprint density at radius 1 is 1.26 bits per heavy atom. The number of carbonyl (C=O) groups is 2. The van der Waals surface area contributed by atoms with E-state index in [-0.39, 0.29) is 12.5 Å². The normalized spacial score (nSPS) is 20.7. The van der Waals surface area contributed by atoms with E-state index in [4.69, 9.17) is 0 Å². The standard InChI is InChI=1S/C14H18N2O3/c1-9-4-10(2)6-11(5-9)16-12(14(18)19)7-15(3)8-13(16)17/h4-6,12H,7-8H2,1-3H3,(H,18,19). The van der Waals surface area contributed by atoms with Crippen molar-refractivity contribution in [3.05, 3.63) is 29.3 Å². The van der Waals surface area contributed by atoms with Gasteiger partial charge in [0, 0.05) is 12.2 Å². The molecule has 102 valence electrons. The maximum Gasteiger partial charge on any atom is 0.328 e. The lowest BCUT2D eigenvalue weighted by Crippen LogP contribution is -2.58. The van der Waals surface area contributed by atoms with Gasteiger partial charge in [0.25, 0.3) is 0 Å². The van der Waals surface area contributed by atoms with Gasteiger partial charge in [0.05, 0.1) is 6.54 Å². The molecule has 1 N–H and O–H groups in total. The van der Waals surface area contributed by atoms with Crippen molar-refractivity contribution in [1.82, 2.24) is 4.90 Å². The van der Waals surface area contributed by atoms with E-state index in [1.165, 1.54) is 4.90 Å². The van der Waals surface area contributed by atoms with Gasteiger partial charge in [0.2, 0.25) is 5.91 Å². The molecule has 1 aromatic rings. The summed E-state index contributed by atoms with van der Waals surface area (Å²) in [5, 5.41) is 9.32. The number of aliphatic carboxylic acids is 1. The number of carboxylic acids is 1. The zero-order valence-corrected chi connectivity index (χ0v) is 11.4.